The molecule has 0 aliphatic rings. The molecule has 0 fully saturated rings. The third-order valence-corrected chi connectivity index (χ3v) is 2.17. The predicted molar refractivity (Wildman–Crippen MR) is 66.7 cm³/mol. The van der Waals surface area contributed by atoms with E-state index in [1.165, 1.54) is 14.2 Å². The number of hydrogen-bond donors (Lipinski definition) is 0. The molecule has 0 aliphatic carbocycles. The van der Waals surface area contributed by atoms with Crippen molar-refractivity contribution >= 4 is 11.9 Å². The summed E-state index contributed by atoms with van der Waals surface area (Å²) in [6, 6.07) is 14.0. The van der Waals surface area contributed by atoms with Crippen molar-refractivity contribution in [1.82, 2.24) is 0 Å². The number of methoxy groups -OCH3 is 2. The monoisotopic (exact) mass is 297 g/mol. The molecule has 0 N–H and O–H groups in total. The van der Waals surface area contributed by atoms with E-state index in [1.807, 2.05) is 0 Å². The van der Waals surface area contributed by atoms with E-state index in [0.717, 1.165) is 0 Å². The van der Waals surface area contributed by atoms with Gasteiger partial charge in [-0.25, -0.2) is 12.1 Å². The molecule has 2 rings (SSSR count). The van der Waals surface area contributed by atoms with Gasteiger partial charge in [-0.3, -0.25) is 4.79 Å². The van der Waals surface area contributed by atoms with Crippen LogP contribution in [0.2, 0.25) is 0 Å². The third-order valence-electron chi connectivity index (χ3n) is 2.17. The van der Waals surface area contributed by atoms with Crippen LogP contribution in [0.4, 0.5) is 0 Å². The first-order valence-corrected chi connectivity index (χ1v) is 5.29. The molecule has 5 heteroatoms. The fourth-order valence-electron chi connectivity index (χ4n) is 1.26. The van der Waals surface area contributed by atoms with Crippen molar-refractivity contribution < 1.29 is 37.6 Å². The molecule has 105 valence electrons. The van der Waals surface area contributed by atoms with E-state index in [4.69, 9.17) is 0 Å². The molecule has 0 amide bonds. The second kappa shape index (κ2) is 9.19. The molecule has 0 aromatic heterocycles. The number of carbonyl (C=O) groups is 2. The summed E-state index contributed by atoms with van der Waals surface area (Å²) < 4.78 is 8.91. The molecule has 0 unspecified atom stereocenters. The van der Waals surface area contributed by atoms with Gasteiger partial charge in [0.2, 0.25) is 0 Å². The minimum absolute atomic E-state index is 0. The first-order chi connectivity index (χ1) is 8.69. The second-order valence-corrected chi connectivity index (χ2v) is 3.33. The molecule has 0 bridgehead atoms. The van der Waals surface area contributed by atoms with E-state index in [2.05, 4.69) is 9.47 Å². The van der Waals surface area contributed by atoms with Crippen LogP contribution >= 0.6 is 0 Å². The van der Waals surface area contributed by atoms with Crippen molar-refractivity contribution in [3.63, 3.8) is 0 Å². The third kappa shape index (κ3) is 5.59. The first kappa shape index (κ1) is 17.2. The van der Waals surface area contributed by atoms with Crippen molar-refractivity contribution in [2.75, 3.05) is 14.2 Å². The maximum absolute atomic E-state index is 10.7. The van der Waals surface area contributed by atoms with Gasteiger partial charge in [0.15, 0.2) is 0 Å². The Morgan fingerprint density at radius 1 is 0.947 bits per heavy atom. The molecule has 0 saturated heterocycles. The average Bonchev–Trinajstić information content (AvgIpc) is 3.09. The van der Waals surface area contributed by atoms with Gasteiger partial charge < -0.3 is 44.1 Å². The SMILES string of the molecule is COC(=O)[c-]1[cH-][cH-][cH-][cH-]1.COC(=O)[c-]1cccc1.[V]. The summed E-state index contributed by atoms with van der Waals surface area (Å²) in [4.78, 5) is 21.3. The van der Waals surface area contributed by atoms with Crippen LogP contribution in [0.5, 0.6) is 0 Å². The zero-order valence-corrected chi connectivity index (χ0v) is 12.1. The summed E-state index contributed by atoms with van der Waals surface area (Å²) in [5.74, 6) is -0.556. The van der Waals surface area contributed by atoms with E-state index < -0.39 is 0 Å². The normalized spacial score (nSPS) is 8.53. The topological polar surface area (TPSA) is 52.6 Å². The van der Waals surface area contributed by atoms with Gasteiger partial charge in [0.25, 0.3) is 5.97 Å². The number of carbonyl (C=O) groups excluding carboxylic acids is 2. The molecular weight excluding hydrogens is 283 g/mol. The van der Waals surface area contributed by atoms with Crippen molar-refractivity contribution in [1.29, 1.82) is 0 Å². The Hall–Kier alpha value is -1.78. The summed E-state index contributed by atoms with van der Waals surface area (Å²) in [5.41, 5.74) is 1.22. The zero-order valence-electron chi connectivity index (χ0n) is 10.7. The summed E-state index contributed by atoms with van der Waals surface area (Å²) in [7, 11) is 2.74. The summed E-state index contributed by atoms with van der Waals surface area (Å²) >= 11 is 0. The molecule has 2 aromatic carbocycles. The van der Waals surface area contributed by atoms with Gasteiger partial charge in [-0.15, -0.1) is 0 Å². The Bertz CT molecular complexity index is 425. The number of esters is 2. The smallest absolute Gasteiger partial charge is 0.280 e. The summed E-state index contributed by atoms with van der Waals surface area (Å²) in [5, 5.41) is 0. The minimum atomic E-state index is -0.278. The Morgan fingerprint density at radius 2 is 1.42 bits per heavy atom. The van der Waals surface area contributed by atoms with Gasteiger partial charge in [0.05, 0.1) is 7.11 Å². The summed E-state index contributed by atoms with van der Waals surface area (Å²) in [6.45, 7) is 0. The standard InChI is InChI=1S/2C7H7O2.V/c2*1-9-7(8)6-4-2-3-5-6;/h2*2-5H,1H3;/q-5;-1;. The summed E-state index contributed by atoms with van der Waals surface area (Å²) in [6.07, 6.45) is 0. The van der Waals surface area contributed by atoms with Crippen LogP contribution in [0, 0.1) is 0 Å². The van der Waals surface area contributed by atoms with E-state index in [1.54, 1.807) is 48.5 Å². The molecule has 0 heterocycles. The van der Waals surface area contributed by atoms with Crippen molar-refractivity contribution in [2.24, 2.45) is 0 Å². The van der Waals surface area contributed by atoms with Crippen LogP contribution in [-0.2, 0) is 28.0 Å². The van der Waals surface area contributed by atoms with Gasteiger partial charge in [-0.1, -0.05) is 11.5 Å². The Morgan fingerprint density at radius 3 is 1.84 bits per heavy atom. The van der Waals surface area contributed by atoms with Gasteiger partial charge in [-0.05, 0) is 0 Å². The van der Waals surface area contributed by atoms with Gasteiger partial charge in [0.1, 0.15) is 0 Å². The molecule has 0 spiro atoms. The fourth-order valence-corrected chi connectivity index (χ4v) is 1.26. The molecule has 4 nitrogen and oxygen atoms in total. The molecule has 0 aliphatic heterocycles. The van der Waals surface area contributed by atoms with Crippen LogP contribution in [0.15, 0.2) is 48.5 Å². The Balaban J connectivity index is 0.000000324. The molecule has 0 saturated carbocycles. The molecule has 1 radical (unpaired) electrons. The quantitative estimate of drug-likeness (QED) is 0.631. The van der Waals surface area contributed by atoms with Crippen LogP contribution in [0.25, 0.3) is 0 Å². The van der Waals surface area contributed by atoms with Crippen molar-refractivity contribution in [3.05, 3.63) is 59.7 Å². The first-order valence-electron chi connectivity index (χ1n) is 5.29. The predicted octanol–water partition coefficient (Wildman–Crippen LogP) is 2.38. The fraction of sp³-hybridized carbons (Fsp3) is 0.143. The molecule has 2 aromatic rings. The van der Waals surface area contributed by atoms with E-state index in [-0.39, 0.29) is 30.5 Å². The molecule has 0 atom stereocenters. The number of rotatable bonds is 2. The average molecular weight is 297 g/mol. The Kier molecular flexibility index (Phi) is 8.33. The number of hydrogen-bond acceptors (Lipinski definition) is 4. The van der Waals surface area contributed by atoms with Gasteiger partial charge in [-0.2, -0.15) is 12.1 Å². The maximum Gasteiger partial charge on any atom is 0.280 e. The zero-order chi connectivity index (χ0) is 13.4. The van der Waals surface area contributed by atoms with Crippen LogP contribution in [0.1, 0.15) is 20.7 Å². The Labute approximate surface area is 123 Å². The van der Waals surface area contributed by atoms with Crippen LogP contribution < -0.4 is 0 Å². The minimum Gasteiger partial charge on any atom is -0.680 e. The molecular formula is C14H14O4V-6. The molecule has 19 heavy (non-hydrogen) atoms. The largest absolute Gasteiger partial charge is 0.680 e. The van der Waals surface area contributed by atoms with Crippen LogP contribution in [0.3, 0.4) is 0 Å². The maximum atomic E-state index is 10.7. The van der Waals surface area contributed by atoms with Crippen molar-refractivity contribution in [3.8, 4) is 0 Å². The van der Waals surface area contributed by atoms with E-state index in [9.17, 15) is 9.59 Å². The second-order valence-electron chi connectivity index (χ2n) is 3.33. The van der Waals surface area contributed by atoms with Crippen molar-refractivity contribution in [2.45, 2.75) is 0 Å². The van der Waals surface area contributed by atoms with E-state index >= 15 is 0 Å². The van der Waals surface area contributed by atoms with Gasteiger partial charge in [0, 0.05) is 25.7 Å². The van der Waals surface area contributed by atoms with Crippen LogP contribution in [-0.4, -0.2) is 26.2 Å². The van der Waals surface area contributed by atoms with E-state index in [0.29, 0.717) is 11.1 Å². The number of ether oxygens (including phenoxy) is 2. The van der Waals surface area contributed by atoms with Gasteiger partial charge >= 0.3 is 0 Å².